The third kappa shape index (κ3) is 2.87. The van der Waals surface area contributed by atoms with Crippen molar-refractivity contribution in [3.63, 3.8) is 0 Å². The Morgan fingerprint density at radius 2 is 2.13 bits per heavy atom. The third-order valence-corrected chi connectivity index (χ3v) is 2.32. The summed E-state index contributed by atoms with van der Waals surface area (Å²) in [6.07, 6.45) is 0. The van der Waals surface area contributed by atoms with Crippen LogP contribution in [0.3, 0.4) is 0 Å². The van der Waals surface area contributed by atoms with E-state index in [1.54, 1.807) is 0 Å². The monoisotopic (exact) mass is 207 g/mol. The van der Waals surface area contributed by atoms with Crippen LogP contribution in [0.2, 0.25) is 0 Å². The first-order valence-corrected chi connectivity index (χ1v) is 4.96. The predicted molar refractivity (Wildman–Crippen MR) is 62.5 cm³/mol. The maximum Gasteiger partial charge on any atom is 0.158 e. The van der Waals surface area contributed by atoms with Gasteiger partial charge in [0.15, 0.2) is 5.84 Å². The minimum atomic E-state index is 0.222. The number of likely N-dealkylation sites (N-methyl/N-ethyl adjacent to an activating group) is 1. The Balaban J connectivity index is 2.88. The topological polar surface area (TPSA) is 61.8 Å². The molecule has 0 atom stereocenters. The molecule has 0 aliphatic carbocycles. The summed E-state index contributed by atoms with van der Waals surface area (Å²) in [5.74, 6) is 0.222. The lowest BCUT2D eigenvalue weighted by Gasteiger charge is -2.23. The van der Waals surface area contributed by atoms with Gasteiger partial charge in [-0.25, -0.2) is 0 Å². The van der Waals surface area contributed by atoms with Gasteiger partial charge in [-0.15, -0.1) is 0 Å². The molecule has 0 aliphatic heterocycles. The van der Waals surface area contributed by atoms with E-state index in [4.69, 9.17) is 10.9 Å². The second-order valence-electron chi connectivity index (χ2n) is 3.39. The average Bonchev–Trinajstić information content (AvgIpc) is 2.26. The van der Waals surface area contributed by atoms with Gasteiger partial charge in [0, 0.05) is 12.2 Å². The molecule has 1 rings (SSSR count). The van der Waals surface area contributed by atoms with Crippen molar-refractivity contribution in [2.45, 2.75) is 13.8 Å². The number of anilines is 1. The number of nitrogens with zero attached hydrogens (tertiary/aromatic N) is 2. The Morgan fingerprint density at radius 3 is 2.67 bits per heavy atom. The lowest BCUT2D eigenvalue weighted by molar-refractivity contribution is 0.317. The standard InChI is InChI=1S/C11H17N3O/c1-3-14(8-11(12)13-15)10-7-5-4-6-9(10)2/h4-7,15H,3,8H2,1-2H3,(H2,12,13). The molecular formula is C11H17N3O. The highest BCUT2D eigenvalue weighted by molar-refractivity contribution is 5.84. The van der Waals surface area contributed by atoms with E-state index in [2.05, 4.69) is 10.1 Å². The van der Waals surface area contributed by atoms with Gasteiger partial charge < -0.3 is 15.8 Å². The van der Waals surface area contributed by atoms with E-state index >= 15 is 0 Å². The van der Waals surface area contributed by atoms with Crippen LogP contribution < -0.4 is 10.6 Å². The summed E-state index contributed by atoms with van der Waals surface area (Å²) in [5.41, 5.74) is 7.80. The van der Waals surface area contributed by atoms with Crippen molar-refractivity contribution in [2.24, 2.45) is 10.9 Å². The molecule has 0 saturated carbocycles. The van der Waals surface area contributed by atoms with Crippen LogP contribution in [0.4, 0.5) is 5.69 Å². The van der Waals surface area contributed by atoms with Crippen LogP contribution in [-0.2, 0) is 0 Å². The van der Waals surface area contributed by atoms with E-state index in [0.29, 0.717) is 6.54 Å². The highest BCUT2D eigenvalue weighted by Crippen LogP contribution is 2.18. The van der Waals surface area contributed by atoms with Crippen LogP contribution in [0.15, 0.2) is 29.4 Å². The van der Waals surface area contributed by atoms with Gasteiger partial charge in [0.05, 0.1) is 6.54 Å². The highest BCUT2D eigenvalue weighted by Gasteiger charge is 2.08. The van der Waals surface area contributed by atoms with Gasteiger partial charge in [-0.3, -0.25) is 0 Å². The number of amidine groups is 1. The molecular weight excluding hydrogens is 190 g/mol. The van der Waals surface area contributed by atoms with Gasteiger partial charge in [-0.1, -0.05) is 23.4 Å². The van der Waals surface area contributed by atoms with Crippen molar-refractivity contribution in [3.8, 4) is 0 Å². The lowest BCUT2D eigenvalue weighted by Crippen LogP contribution is -2.34. The van der Waals surface area contributed by atoms with Gasteiger partial charge in [-0.2, -0.15) is 0 Å². The Morgan fingerprint density at radius 1 is 1.47 bits per heavy atom. The lowest BCUT2D eigenvalue weighted by atomic mass is 10.2. The molecule has 15 heavy (non-hydrogen) atoms. The molecule has 4 nitrogen and oxygen atoms in total. The Hall–Kier alpha value is -1.71. The SMILES string of the molecule is CCN(C/C(N)=N/O)c1ccccc1C. The molecule has 0 radical (unpaired) electrons. The highest BCUT2D eigenvalue weighted by atomic mass is 16.4. The van der Waals surface area contributed by atoms with Crippen molar-refractivity contribution in [1.82, 2.24) is 0 Å². The fraction of sp³-hybridized carbons (Fsp3) is 0.364. The van der Waals surface area contributed by atoms with Crippen molar-refractivity contribution < 1.29 is 5.21 Å². The smallest absolute Gasteiger partial charge is 0.158 e. The minimum Gasteiger partial charge on any atom is -0.409 e. The van der Waals surface area contributed by atoms with E-state index in [9.17, 15) is 0 Å². The van der Waals surface area contributed by atoms with E-state index in [1.165, 1.54) is 5.56 Å². The molecule has 0 aliphatic rings. The van der Waals surface area contributed by atoms with E-state index in [-0.39, 0.29) is 5.84 Å². The molecule has 0 unspecified atom stereocenters. The van der Waals surface area contributed by atoms with Crippen molar-refractivity contribution in [3.05, 3.63) is 29.8 Å². The number of oxime groups is 1. The van der Waals surface area contributed by atoms with Gasteiger partial charge in [0.2, 0.25) is 0 Å². The first-order chi connectivity index (χ1) is 7.19. The molecule has 82 valence electrons. The number of hydrogen-bond acceptors (Lipinski definition) is 3. The Labute approximate surface area is 90.0 Å². The molecule has 0 aromatic heterocycles. The summed E-state index contributed by atoms with van der Waals surface area (Å²) < 4.78 is 0. The zero-order valence-corrected chi connectivity index (χ0v) is 9.14. The van der Waals surface area contributed by atoms with E-state index < -0.39 is 0 Å². The van der Waals surface area contributed by atoms with Crippen molar-refractivity contribution >= 4 is 11.5 Å². The second-order valence-corrected chi connectivity index (χ2v) is 3.39. The average molecular weight is 207 g/mol. The number of nitrogens with two attached hydrogens (primary N) is 1. The van der Waals surface area contributed by atoms with Crippen molar-refractivity contribution in [1.29, 1.82) is 0 Å². The molecule has 0 fully saturated rings. The zero-order chi connectivity index (χ0) is 11.3. The third-order valence-electron chi connectivity index (χ3n) is 2.32. The van der Waals surface area contributed by atoms with Crippen LogP contribution in [0.1, 0.15) is 12.5 Å². The number of rotatable bonds is 4. The quantitative estimate of drug-likeness (QED) is 0.341. The largest absolute Gasteiger partial charge is 0.409 e. The van der Waals surface area contributed by atoms with E-state index in [1.807, 2.05) is 38.1 Å². The molecule has 0 saturated heterocycles. The molecule has 1 aromatic rings. The number of benzene rings is 1. The van der Waals surface area contributed by atoms with Gasteiger partial charge in [0.1, 0.15) is 0 Å². The molecule has 0 bridgehead atoms. The van der Waals surface area contributed by atoms with Gasteiger partial charge in [0.25, 0.3) is 0 Å². The summed E-state index contributed by atoms with van der Waals surface area (Å²) in [5, 5.41) is 11.5. The van der Waals surface area contributed by atoms with Crippen LogP contribution >= 0.6 is 0 Å². The van der Waals surface area contributed by atoms with Crippen molar-refractivity contribution in [2.75, 3.05) is 18.0 Å². The number of aryl methyl sites for hydroxylation is 1. The Kier molecular flexibility index (Phi) is 3.97. The van der Waals surface area contributed by atoms with Crippen LogP contribution in [-0.4, -0.2) is 24.1 Å². The summed E-state index contributed by atoms with van der Waals surface area (Å²) in [7, 11) is 0. The summed E-state index contributed by atoms with van der Waals surface area (Å²) in [6.45, 7) is 5.35. The van der Waals surface area contributed by atoms with Crippen LogP contribution in [0.5, 0.6) is 0 Å². The summed E-state index contributed by atoms with van der Waals surface area (Å²) in [6, 6.07) is 8.06. The van der Waals surface area contributed by atoms with Gasteiger partial charge >= 0.3 is 0 Å². The first kappa shape index (κ1) is 11.4. The minimum absolute atomic E-state index is 0.222. The predicted octanol–water partition coefficient (Wildman–Crippen LogP) is 1.57. The summed E-state index contributed by atoms with van der Waals surface area (Å²) >= 11 is 0. The summed E-state index contributed by atoms with van der Waals surface area (Å²) in [4.78, 5) is 2.06. The first-order valence-electron chi connectivity index (χ1n) is 4.96. The molecule has 3 N–H and O–H groups in total. The second kappa shape index (κ2) is 5.24. The normalized spacial score (nSPS) is 11.5. The van der Waals surface area contributed by atoms with Crippen LogP contribution in [0, 0.1) is 6.92 Å². The molecule has 1 aromatic carbocycles. The zero-order valence-electron chi connectivity index (χ0n) is 9.14. The van der Waals surface area contributed by atoms with E-state index in [0.717, 1.165) is 12.2 Å². The maximum atomic E-state index is 8.53. The van der Waals surface area contributed by atoms with Crippen LogP contribution in [0.25, 0.3) is 0 Å². The molecule has 0 heterocycles. The molecule has 0 spiro atoms. The molecule has 0 amide bonds. The Bertz CT molecular complexity index is 349. The maximum absolute atomic E-state index is 8.53. The number of hydrogen-bond donors (Lipinski definition) is 2. The van der Waals surface area contributed by atoms with Gasteiger partial charge in [-0.05, 0) is 25.5 Å². The fourth-order valence-corrected chi connectivity index (χ4v) is 1.51. The molecule has 4 heteroatoms. The number of para-hydroxylation sites is 1. The fourth-order valence-electron chi connectivity index (χ4n) is 1.51.